The summed E-state index contributed by atoms with van der Waals surface area (Å²) in [7, 11) is 1.72. The highest BCUT2D eigenvalue weighted by Gasteiger charge is 2.12. The highest BCUT2D eigenvalue weighted by molar-refractivity contribution is 5.57. The topological polar surface area (TPSA) is 21.3 Å². The highest BCUT2D eigenvalue weighted by Crippen LogP contribution is 2.30. The number of hydrogen-bond donors (Lipinski definition) is 1. The summed E-state index contributed by atoms with van der Waals surface area (Å²) in [5.74, 6) is 0.897. The second kappa shape index (κ2) is 8.35. The fourth-order valence-corrected chi connectivity index (χ4v) is 2.56. The summed E-state index contributed by atoms with van der Waals surface area (Å²) in [6.07, 6.45) is 4.89. The van der Waals surface area contributed by atoms with Gasteiger partial charge < -0.3 is 10.1 Å². The van der Waals surface area contributed by atoms with Crippen molar-refractivity contribution in [2.24, 2.45) is 0 Å². The van der Waals surface area contributed by atoms with Crippen molar-refractivity contribution in [3.63, 3.8) is 0 Å². The Kier molecular flexibility index (Phi) is 6.14. The number of unbranched alkanes of at least 4 members (excludes halogenated alkanes) is 2. The van der Waals surface area contributed by atoms with E-state index in [2.05, 4.69) is 48.6 Å². The van der Waals surface area contributed by atoms with E-state index in [9.17, 15) is 0 Å². The highest BCUT2D eigenvalue weighted by atomic mass is 16.5. The van der Waals surface area contributed by atoms with E-state index in [1.54, 1.807) is 7.11 Å². The molecule has 21 heavy (non-hydrogen) atoms. The summed E-state index contributed by atoms with van der Waals surface area (Å²) in [6, 6.07) is 19.1. The fraction of sp³-hybridized carbons (Fsp3) is 0.368. The maximum absolute atomic E-state index is 5.45. The maximum Gasteiger partial charge on any atom is 0.141 e. The molecule has 0 heterocycles. The van der Waals surface area contributed by atoms with Crippen LogP contribution in [0.15, 0.2) is 54.6 Å². The van der Waals surface area contributed by atoms with Gasteiger partial charge in [0, 0.05) is 0 Å². The Balaban J connectivity index is 2.15. The smallest absolute Gasteiger partial charge is 0.141 e. The summed E-state index contributed by atoms with van der Waals surface area (Å²) in [4.78, 5) is 0. The first kappa shape index (κ1) is 15.4. The first-order valence-corrected chi connectivity index (χ1v) is 7.79. The third-order valence-corrected chi connectivity index (χ3v) is 3.74. The zero-order valence-electron chi connectivity index (χ0n) is 13.0. The summed E-state index contributed by atoms with van der Waals surface area (Å²) in [5, 5.41) is 3.65. The molecule has 2 nitrogen and oxygen atoms in total. The van der Waals surface area contributed by atoms with E-state index in [0.29, 0.717) is 6.04 Å². The standard InChI is InChI=1S/C19H25NO/c1-3-4-6-13-17(16-11-7-5-8-12-16)20-18-14-9-10-15-19(18)21-2/h5,7-12,14-15,17,20H,3-4,6,13H2,1-2H3. The molecule has 112 valence electrons. The van der Waals surface area contributed by atoms with Crippen LogP contribution < -0.4 is 10.1 Å². The lowest BCUT2D eigenvalue weighted by atomic mass is 10.00. The minimum Gasteiger partial charge on any atom is -0.495 e. The van der Waals surface area contributed by atoms with Crippen molar-refractivity contribution < 1.29 is 4.74 Å². The van der Waals surface area contributed by atoms with Gasteiger partial charge >= 0.3 is 0 Å². The molecule has 1 unspecified atom stereocenters. The molecule has 2 aromatic rings. The molecule has 0 aliphatic carbocycles. The SMILES string of the molecule is CCCCCC(Nc1ccccc1OC)c1ccccc1. The average molecular weight is 283 g/mol. The Morgan fingerprint density at radius 1 is 0.952 bits per heavy atom. The first-order chi connectivity index (χ1) is 10.3. The zero-order chi connectivity index (χ0) is 14.9. The number of para-hydroxylation sites is 2. The summed E-state index contributed by atoms with van der Waals surface area (Å²) < 4.78 is 5.45. The second-order valence-corrected chi connectivity index (χ2v) is 5.30. The number of ether oxygens (including phenoxy) is 1. The Labute approximate surface area is 128 Å². The van der Waals surface area contributed by atoms with Crippen LogP contribution in [0.1, 0.15) is 44.2 Å². The molecule has 0 fully saturated rings. The number of methoxy groups -OCH3 is 1. The lowest BCUT2D eigenvalue weighted by Gasteiger charge is -2.22. The van der Waals surface area contributed by atoms with Crippen LogP contribution in [0.4, 0.5) is 5.69 Å². The van der Waals surface area contributed by atoms with Crippen LogP contribution in [0.25, 0.3) is 0 Å². The van der Waals surface area contributed by atoms with Crippen molar-refractivity contribution in [2.45, 2.75) is 38.6 Å². The predicted octanol–water partition coefficient (Wildman–Crippen LogP) is 5.43. The van der Waals surface area contributed by atoms with Gasteiger partial charge in [0.1, 0.15) is 5.75 Å². The molecular formula is C19H25NO. The molecule has 0 bridgehead atoms. The van der Waals surface area contributed by atoms with Crippen LogP contribution in [0.3, 0.4) is 0 Å². The van der Waals surface area contributed by atoms with Crippen molar-refractivity contribution in [3.8, 4) is 5.75 Å². The maximum atomic E-state index is 5.45. The predicted molar refractivity (Wildman–Crippen MR) is 89.9 cm³/mol. The third-order valence-electron chi connectivity index (χ3n) is 3.74. The summed E-state index contributed by atoms with van der Waals surface area (Å²) >= 11 is 0. The van der Waals surface area contributed by atoms with E-state index in [1.165, 1.54) is 24.8 Å². The minimum atomic E-state index is 0.328. The molecule has 0 aliphatic heterocycles. The molecule has 2 heteroatoms. The molecule has 0 saturated carbocycles. The number of hydrogen-bond acceptors (Lipinski definition) is 2. The van der Waals surface area contributed by atoms with Crippen LogP contribution in [0.5, 0.6) is 5.75 Å². The normalized spacial score (nSPS) is 11.9. The fourth-order valence-electron chi connectivity index (χ4n) is 2.56. The van der Waals surface area contributed by atoms with Gasteiger partial charge in [-0.1, -0.05) is 68.7 Å². The van der Waals surface area contributed by atoms with E-state index in [0.717, 1.165) is 17.9 Å². The molecular weight excluding hydrogens is 258 g/mol. The van der Waals surface area contributed by atoms with E-state index >= 15 is 0 Å². The number of benzene rings is 2. The van der Waals surface area contributed by atoms with Crippen LogP contribution in [0.2, 0.25) is 0 Å². The molecule has 0 aliphatic rings. The van der Waals surface area contributed by atoms with Gasteiger partial charge in [-0.15, -0.1) is 0 Å². The van der Waals surface area contributed by atoms with Crippen LogP contribution in [-0.4, -0.2) is 7.11 Å². The van der Waals surface area contributed by atoms with Gasteiger partial charge in [-0.05, 0) is 24.1 Å². The molecule has 0 aromatic heterocycles. The van der Waals surface area contributed by atoms with Crippen molar-refractivity contribution in [3.05, 3.63) is 60.2 Å². The number of rotatable bonds is 8. The third kappa shape index (κ3) is 4.52. The molecule has 1 N–H and O–H groups in total. The molecule has 0 spiro atoms. The van der Waals surface area contributed by atoms with Crippen LogP contribution >= 0.6 is 0 Å². The first-order valence-electron chi connectivity index (χ1n) is 7.79. The van der Waals surface area contributed by atoms with Gasteiger partial charge in [0.05, 0.1) is 18.8 Å². The van der Waals surface area contributed by atoms with E-state index in [4.69, 9.17) is 4.74 Å². The molecule has 0 radical (unpaired) electrons. The van der Waals surface area contributed by atoms with Gasteiger partial charge in [-0.3, -0.25) is 0 Å². The molecule has 0 amide bonds. The Morgan fingerprint density at radius 3 is 2.38 bits per heavy atom. The van der Waals surface area contributed by atoms with Crippen molar-refractivity contribution >= 4 is 5.69 Å². The lowest BCUT2D eigenvalue weighted by Crippen LogP contribution is -2.11. The van der Waals surface area contributed by atoms with Crippen molar-refractivity contribution in [1.82, 2.24) is 0 Å². The average Bonchev–Trinajstić information content (AvgIpc) is 2.55. The molecule has 2 aromatic carbocycles. The summed E-state index contributed by atoms with van der Waals surface area (Å²) in [5.41, 5.74) is 2.39. The Hall–Kier alpha value is -1.96. The van der Waals surface area contributed by atoms with Crippen molar-refractivity contribution in [2.75, 3.05) is 12.4 Å². The Morgan fingerprint density at radius 2 is 1.67 bits per heavy atom. The van der Waals surface area contributed by atoms with Gasteiger partial charge in [0.15, 0.2) is 0 Å². The van der Waals surface area contributed by atoms with Gasteiger partial charge in [0.25, 0.3) is 0 Å². The zero-order valence-corrected chi connectivity index (χ0v) is 13.0. The van der Waals surface area contributed by atoms with Crippen LogP contribution in [-0.2, 0) is 0 Å². The van der Waals surface area contributed by atoms with Gasteiger partial charge in [0.2, 0.25) is 0 Å². The second-order valence-electron chi connectivity index (χ2n) is 5.30. The minimum absolute atomic E-state index is 0.328. The van der Waals surface area contributed by atoms with E-state index in [-0.39, 0.29) is 0 Å². The molecule has 1 atom stereocenters. The van der Waals surface area contributed by atoms with E-state index in [1.807, 2.05) is 18.2 Å². The quantitative estimate of drug-likeness (QED) is 0.652. The largest absolute Gasteiger partial charge is 0.495 e. The van der Waals surface area contributed by atoms with Crippen molar-refractivity contribution in [1.29, 1.82) is 0 Å². The van der Waals surface area contributed by atoms with Crippen LogP contribution in [0, 0.1) is 0 Å². The molecule has 0 saturated heterocycles. The molecule has 2 rings (SSSR count). The monoisotopic (exact) mass is 283 g/mol. The summed E-state index contributed by atoms with van der Waals surface area (Å²) in [6.45, 7) is 2.24. The number of anilines is 1. The van der Waals surface area contributed by atoms with Gasteiger partial charge in [-0.25, -0.2) is 0 Å². The Bertz CT molecular complexity index is 524. The van der Waals surface area contributed by atoms with Gasteiger partial charge in [-0.2, -0.15) is 0 Å². The lowest BCUT2D eigenvalue weighted by molar-refractivity contribution is 0.415. The van der Waals surface area contributed by atoms with E-state index < -0.39 is 0 Å². The number of nitrogens with one attached hydrogen (secondary N) is 1.